The van der Waals surface area contributed by atoms with Gasteiger partial charge in [0.1, 0.15) is 0 Å². The van der Waals surface area contributed by atoms with Gasteiger partial charge in [-0.2, -0.15) is 0 Å². The van der Waals surface area contributed by atoms with Crippen molar-refractivity contribution < 1.29 is 34.1 Å². The Morgan fingerprint density at radius 3 is 0.889 bits per heavy atom. The van der Waals surface area contributed by atoms with Gasteiger partial charge in [0.05, 0.1) is 0 Å². The Bertz CT molecular complexity index is 140. The van der Waals surface area contributed by atoms with Gasteiger partial charge in [-0.1, -0.05) is 0 Å². The first-order chi connectivity index (χ1) is 7.41. The number of likely N-dealkylation sites (N-methyl/N-ethyl adjacent to an activating group) is 3. The van der Waals surface area contributed by atoms with Crippen molar-refractivity contribution in [2.75, 3.05) is 81.6 Å². The zero-order valence-corrected chi connectivity index (χ0v) is 15.2. The number of rotatable bonds is 9. The molecule has 0 radical (unpaired) electrons. The molecule has 6 heteroatoms. The molecule has 0 spiro atoms. The first-order valence-electron chi connectivity index (χ1n) is 6.08. The van der Waals surface area contributed by atoms with Gasteiger partial charge in [0.25, 0.3) is 0 Å². The fraction of sp³-hybridized carbons (Fsp3) is 1.00. The maximum Gasteiger partial charge on any atom is 1.00 e. The molecule has 0 aliphatic carbocycles. The predicted octanol–water partition coefficient (Wildman–Crippen LogP) is -3.03. The van der Waals surface area contributed by atoms with Gasteiger partial charge < -0.3 is 31.7 Å². The second-order valence-corrected chi connectivity index (χ2v) is 5.25. The monoisotopic (exact) mass is 372 g/mol. The molecule has 0 N–H and O–H groups in total. The van der Waals surface area contributed by atoms with E-state index in [1.165, 1.54) is 0 Å². The molecule has 0 aromatic carbocycles. The Hall–Kier alpha value is 0.839. The fourth-order valence-corrected chi connectivity index (χ4v) is 1.36. The largest absolute Gasteiger partial charge is 1.00 e. The van der Waals surface area contributed by atoms with Crippen LogP contribution in [0.3, 0.4) is 0 Å². The first kappa shape index (κ1) is 23.9. The van der Waals surface area contributed by atoms with Crippen molar-refractivity contribution in [3.05, 3.63) is 0 Å². The van der Waals surface area contributed by atoms with Crippen LogP contribution >= 0.6 is 0 Å². The molecule has 18 heavy (non-hydrogen) atoms. The topological polar surface area (TPSA) is 13.0 Å². The molecule has 0 aromatic rings. The van der Waals surface area contributed by atoms with Crippen molar-refractivity contribution in [1.29, 1.82) is 0 Å². The molecule has 116 valence electrons. The molecule has 0 saturated carbocycles. The molecule has 4 nitrogen and oxygen atoms in total. The second-order valence-electron chi connectivity index (χ2n) is 5.25. The smallest absolute Gasteiger partial charge is 1.00 e. The van der Waals surface area contributed by atoms with Crippen LogP contribution in [0.1, 0.15) is 0 Å². The second kappa shape index (κ2) is 14.3. The Kier molecular flexibility index (Phi) is 18.9. The molecule has 0 bridgehead atoms. The number of hydrogen-bond acceptors (Lipinski definition) is 4. The molecule has 0 fully saturated rings. The van der Waals surface area contributed by atoms with Crippen LogP contribution in [0, 0.1) is 0 Å². The van der Waals surface area contributed by atoms with Gasteiger partial charge in [-0.05, 0) is 42.3 Å². The average Bonchev–Trinajstić information content (AvgIpc) is 2.15. The van der Waals surface area contributed by atoms with Gasteiger partial charge in [0.15, 0.2) is 0 Å². The van der Waals surface area contributed by atoms with Crippen molar-refractivity contribution in [3.63, 3.8) is 0 Å². The van der Waals surface area contributed by atoms with E-state index in [0.29, 0.717) is 0 Å². The van der Waals surface area contributed by atoms with Gasteiger partial charge in [-0.3, -0.25) is 4.90 Å². The summed E-state index contributed by atoms with van der Waals surface area (Å²) in [5, 5.41) is 0. The van der Waals surface area contributed by atoms with Crippen molar-refractivity contribution in [2.45, 2.75) is 0 Å². The van der Waals surface area contributed by atoms with E-state index < -0.39 is 0 Å². The Morgan fingerprint density at radius 1 is 0.500 bits per heavy atom. The number of nitrogens with zero attached hydrogens (tertiary/aromatic N) is 4. The van der Waals surface area contributed by atoms with Gasteiger partial charge in [-0.25, -0.2) is 0 Å². The number of hydrogen-bond donors (Lipinski definition) is 0. The minimum absolute atomic E-state index is 0. The third-order valence-corrected chi connectivity index (χ3v) is 2.59. The zero-order valence-electron chi connectivity index (χ0n) is 12.7. The summed E-state index contributed by atoms with van der Waals surface area (Å²) in [6, 6.07) is 0. The SMILES string of the molecule is CN(C)CCN(CCN(C)C)CCN(C)C.[Br-].[Cu+]. The molecule has 0 aromatic heterocycles. The summed E-state index contributed by atoms with van der Waals surface area (Å²) >= 11 is 0. The summed E-state index contributed by atoms with van der Waals surface area (Å²) in [4.78, 5) is 9.29. The molecule has 0 atom stereocenters. The fourth-order valence-electron chi connectivity index (χ4n) is 1.36. The van der Waals surface area contributed by atoms with E-state index in [9.17, 15) is 0 Å². The maximum atomic E-state index is 2.54. The van der Waals surface area contributed by atoms with Crippen LogP contribution in [0.25, 0.3) is 0 Å². The Morgan fingerprint density at radius 2 is 0.722 bits per heavy atom. The van der Waals surface area contributed by atoms with Crippen LogP contribution in [0.4, 0.5) is 0 Å². The normalized spacial score (nSPS) is 11.0. The standard InChI is InChI=1S/C12H30N4.BrH.Cu/c1-13(2)7-10-16(11-8-14(3)4)12-9-15(5)6;;/h7-12H2,1-6H3;1H;/q;;+1/p-1. The van der Waals surface area contributed by atoms with E-state index >= 15 is 0 Å². The molecule has 0 unspecified atom stereocenters. The molecule has 0 aliphatic heterocycles. The molecule has 0 saturated heterocycles. The third kappa shape index (κ3) is 16.8. The van der Waals surface area contributed by atoms with E-state index in [1.807, 2.05) is 0 Å². The van der Waals surface area contributed by atoms with Crippen molar-refractivity contribution in [1.82, 2.24) is 19.6 Å². The Labute approximate surface area is 135 Å². The minimum Gasteiger partial charge on any atom is -1.00 e. The third-order valence-electron chi connectivity index (χ3n) is 2.59. The van der Waals surface area contributed by atoms with E-state index in [4.69, 9.17) is 0 Å². The molecule has 0 amide bonds. The van der Waals surface area contributed by atoms with Crippen LogP contribution in [0.15, 0.2) is 0 Å². The van der Waals surface area contributed by atoms with Crippen molar-refractivity contribution >= 4 is 0 Å². The van der Waals surface area contributed by atoms with E-state index in [0.717, 1.165) is 39.3 Å². The van der Waals surface area contributed by atoms with E-state index in [-0.39, 0.29) is 34.1 Å². The molecular formula is C12H30BrCuN4. The van der Waals surface area contributed by atoms with Crippen LogP contribution in [-0.4, -0.2) is 101 Å². The number of halogens is 1. The van der Waals surface area contributed by atoms with Crippen molar-refractivity contribution in [3.8, 4) is 0 Å². The predicted molar refractivity (Wildman–Crippen MR) is 72.1 cm³/mol. The molecule has 0 rings (SSSR count). The van der Waals surface area contributed by atoms with Crippen LogP contribution in [0.2, 0.25) is 0 Å². The Balaban J connectivity index is -0.00000112. The van der Waals surface area contributed by atoms with E-state index in [1.54, 1.807) is 0 Å². The summed E-state index contributed by atoms with van der Waals surface area (Å²) in [6.07, 6.45) is 0. The minimum atomic E-state index is 0. The summed E-state index contributed by atoms with van der Waals surface area (Å²) in [5.41, 5.74) is 0. The van der Waals surface area contributed by atoms with Gasteiger partial charge in [0.2, 0.25) is 0 Å². The average molecular weight is 374 g/mol. The van der Waals surface area contributed by atoms with Crippen LogP contribution < -0.4 is 17.0 Å². The van der Waals surface area contributed by atoms with Gasteiger partial charge in [-0.15, -0.1) is 0 Å². The van der Waals surface area contributed by atoms with Gasteiger partial charge >= 0.3 is 17.1 Å². The molecule has 0 heterocycles. The summed E-state index contributed by atoms with van der Waals surface area (Å²) in [7, 11) is 12.8. The summed E-state index contributed by atoms with van der Waals surface area (Å²) in [6.45, 7) is 6.90. The van der Waals surface area contributed by atoms with Crippen LogP contribution in [0.5, 0.6) is 0 Å². The maximum absolute atomic E-state index is 2.54. The molecule has 0 aliphatic rings. The first-order valence-corrected chi connectivity index (χ1v) is 6.08. The van der Waals surface area contributed by atoms with E-state index in [2.05, 4.69) is 61.9 Å². The quantitative estimate of drug-likeness (QED) is 0.399. The molecular weight excluding hydrogens is 344 g/mol. The zero-order chi connectivity index (χ0) is 12.6. The summed E-state index contributed by atoms with van der Waals surface area (Å²) < 4.78 is 0. The summed E-state index contributed by atoms with van der Waals surface area (Å²) in [5.74, 6) is 0. The van der Waals surface area contributed by atoms with Gasteiger partial charge in [0, 0.05) is 39.3 Å². The van der Waals surface area contributed by atoms with Crippen molar-refractivity contribution in [2.24, 2.45) is 0 Å². The van der Waals surface area contributed by atoms with Crippen LogP contribution in [-0.2, 0) is 17.1 Å².